The van der Waals surface area contributed by atoms with Gasteiger partial charge in [-0.1, -0.05) is 172 Å². The minimum atomic E-state index is -0.423. The molecular weight excluding hydrogens is 653 g/mol. The van der Waals surface area contributed by atoms with E-state index in [0.29, 0.717) is 21.8 Å². The second-order valence-electron chi connectivity index (χ2n) is 14.9. The Morgan fingerprint density at radius 1 is 0.463 bits per heavy atom. The van der Waals surface area contributed by atoms with Crippen LogP contribution < -0.4 is 5.32 Å². The van der Waals surface area contributed by atoms with Crippen LogP contribution in [0.25, 0.3) is 81.9 Å². The van der Waals surface area contributed by atoms with Crippen molar-refractivity contribution in [1.29, 1.82) is 0 Å². The summed E-state index contributed by atoms with van der Waals surface area (Å²) >= 11 is 0. The first-order valence-electron chi connectivity index (χ1n) is 21.8. The van der Waals surface area contributed by atoms with Crippen molar-refractivity contribution in [1.82, 2.24) is 4.40 Å². The van der Waals surface area contributed by atoms with Crippen molar-refractivity contribution >= 4 is 71.0 Å². The van der Waals surface area contributed by atoms with E-state index in [1.54, 1.807) is 0 Å². The molecule has 0 unspecified atom stereocenters. The van der Waals surface area contributed by atoms with E-state index < -0.39 is 12.1 Å². The molecule has 0 fully saturated rings. The SMILES string of the molecule is [2H]c1c([2H])c([2H])c2c(c1[2H])c1c([2H])c([2H])c([2H])c3c4ccccc4c4ccccc4c4ccc(Nc5c(-c6ccccc6)cc(C(C)(C)C)cc5-c5ccccc5)cc4n2c31. The van der Waals surface area contributed by atoms with E-state index in [9.17, 15) is 5.48 Å². The van der Waals surface area contributed by atoms with E-state index in [-0.39, 0.29) is 51.9 Å². The first-order chi connectivity index (χ1) is 29.3. The topological polar surface area (TPSA) is 16.4 Å². The minimum Gasteiger partial charge on any atom is -0.354 e. The van der Waals surface area contributed by atoms with Gasteiger partial charge < -0.3 is 9.72 Å². The second-order valence-corrected chi connectivity index (χ2v) is 14.9. The average molecular weight is 700 g/mol. The number of fused-ring (bicyclic) bond motifs is 10. The molecule has 10 rings (SSSR count). The maximum atomic E-state index is 9.51. The monoisotopic (exact) mass is 699 g/mol. The predicted octanol–water partition coefficient (Wildman–Crippen LogP) is 14.6. The molecule has 10 aromatic rings. The zero-order valence-electron chi connectivity index (χ0n) is 37.2. The van der Waals surface area contributed by atoms with Crippen LogP contribution in [0, 0.1) is 0 Å². The van der Waals surface area contributed by atoms with Gasteiger partial charge in [0.1, 0.15) is 0 Å². The van der Waals surface area contributed by atoms with Crippen LogP contribution in [0.3, 0.4) is 0 Å². The van der Waals surface area contributed by atoms with Gasteiger partial charge in [-0.2, -0.15) is 0 Å². The van der Waals surface area contributed by atoms with Crippen LogP contribution >= 0.6 is 0 Å². The first-order valence-corrected chi connectivity index (χ1v) is 18.3. The van der Waals surface area contributed by atoms with E-state index in [1.807, 2.05) is 108 Å². The number of nitrogens with one attached hydrogen (secondary N) is 1. The second kappa shape index (κ2) is 12.5. The average Bonchev–Trinajstić information content (AvgIpc) is 3.64. The highest BCUT2D eigenvalue weighted by Crippen LogP contribution is 2.44. The highest BCUT2D eigenvalue weighted by molar-refractivity contribution is 6.25. The summed E-state index contributed by atoms with van der Waals surface area (Å²) in [5.74, 6) is 0. The normalized spacial score (nSPS) is 13.8. The van der Waals surface area contributed by atoms with Crippen molar-refractivity contribution in [2.75, 3.05) is 5.32 Å². The minimum absolute atomic E-state index is 0.145. The van der Waals surface area contributed by atoms with Crippen LogP contribution in [0.15, 0.2) is 182 Å². The lowest BCUT2D eigenvalue weighted by Gasteiger charge is -2.25. The van der Waals surface area contributed by atoms with E-state index in [1.165, 1.54) is 5.56 Å². The quantitative estimate of drug-likeness (QED) is 0.193. The Labute approximate surface area is 325 Å². The van der Waals surface area contributed by atoms with Gasteiger partial charge in [0.25, 0.3) is 0 Å². The molecule has 0 radical (unpaired) electrons. The molecule has 2 aromatic heterocycles. The van der Waals surface area contributed by atoms with Crippen LogP contribution in [-0.2, 0) is 5.41 Å². The number of rotatable bonds is 4. The Morgan fingerprint density at radius 3 is 1.56 bits per heavy atom. The zero-order chi connectivity index (χ0) is 42.5. The summed E-state index contributed by atoms with van der Waals surface area (Å²) < 4.78 is 66.2. The van der Waals surface area contributed by atoms with Crippen LogP contribution in [-0.4, -0.2) is 4.40 Å². The molecule has 2 nitrogen and oxygen atoms in total. The number of hydrogen-bond donors (Lipinski definition) is 1. The summed E-state index contributed by atoms with van der Waals surface area (Å²) in [5.41, 5.74) is 7.93. The third kappa shape index (κ3) is 5.17. The van der Waals surface area contributed by atoms with Crippen molar-refractivity contribution in [3.05, 3.63) is 187 Å². The Hall–Kier alpha value is -6.64. The number of aromatic nitrogens is 1. The molecule has 0 bridgehead atoms. The summed E-state index contributed by atoms with van der Waals surface area (Å²) in [6, 6.07) is 44.9. The molecule has 2 heteroatoms. The van der Waals surface area contributed by atoms with Gasteiger partial charge in [0, 0.05) is 38.4 Å². The van der Waals surface area contributed by atoms with Crippen LogP contribution in [0.5, 0.6) is 0 Å². The maximum Gasteiger partial charge on any atom is 0.0645 e. The number of para-hydroxylation sites is 2. The van der Waals surface area contributed by atoms with Crippen molar-refractivity contribution in [2.24, 2.45) is 0 Å². The predicted molar refractivity (Wildman–Crippen MR) is 233 cm³/mol. The van der Waals surface area contributed by atoms with Crippen LogP contribution in [0.2, 0.25) is 0 Å². The molecule has 0 aliphatic carbocycles. The van der Waals surface area contributed by atoms with Gasteiger partial charge in [-0.15, -0.1) is 0 Å². The van der Waals surface area contributed by atoms with Crippen molar-refractivity contribution in [3.8, 4) is 22.3 Å². The molecule has 54 heavy (non-hydrogen) atoms. The van der Waals surface area contributed by atoms with E-state index >= 15 is 0 Å². The summed E-state index contributed by atoms with van der Waals surface area (Å²) in [6.07, 6.45) is 0. The van der Waals surface area contributed by atoms with Gasteiger partial charge in [-0.05, 0) is 74.0 Å². The third-order valence-electron chi connectivity index (χ3n) is 10.6. The summed E-state index contributed by atoms with van der Waals surface area (Å²) in [7, 11) is 0. The molecule has 1 N–H and O–H groups in total. The lowest BCUT2D eigenvalue weighted by atomic mass is 9.82. The van der Waals surface area contributed by atoms with Gasteiger partial charge in [0.2, 0.25) is 0 Å². The molecular formula is C52H40N2. The van der Waals surface area contributed by atoms with Crippen molar-refractivity contribution in [2.45, 2.75) is 26.2 Å². The van der Waals surface area contributed by atoms with E-state index in [2.05, 4.69) is 62.5 Å². The van der Waals surface area contributed by atoms with Gasteiger partial charge >= 0.3 is 0 Å². The molecule has 0 atom stereocenters. The first kappa shape index (κ1) is 25.4. The molecule has 2 heterocycles. The molecule has 0 saturated heterocycles. The Morgan fingerprint density at radius 2 is 0.963 bits per heavy atom. The summed E-state index contributed by atoms with van der Waals surface area (Å²) in [5, 5.41) is 8.68. The van der Waals surface area contributed by atoms with Crippen LogP contribution in [0.1, 0.15) is 35.9 Å². The van der Waals surface area contributed by atoms with E-state index in [4.69, 9.17) is 4.11 Å². The smallest absolute Gasteiger partial charge is 0.0645 e. The summed E-state index contributed by atoms with van der Waals surface area (Å²) in [6.45, 7) is 6.65. The van der Waals surface area contributed by atoms with Gasteiger partial charge in [-0.25, -0.2) is 0 Å². The van der Waals surface area contributed by atoms with Gasteiger partial charge in [-0.3, -0.25) is 0 Å². The lowest BCUT2D eigenvalue weighted by molar-refractivity contribution is 0.591. The molecule has 0 amide bonds. The Balaban J connectivity index is 1.44. The van der Waals surface area contributed by atoms with Crippen LogP contribution in [0.4, 0.5) is 11.4 Å². The lowest BCUT2D eigenvalue weighted by Crippen LogP contribution is -2.12. The Kier molecular flexibility index (Phi) is 5.87. The van der Waals surface area contributed by atoms with E-state index in [0.717, 1.165) is 55.2 Å². The van der Waals surface area contributed by atoms with Crippen molar-refractivity contribution < 1.29 is 9.60 Å². The highest BCUT2D eigenvalue weighted by atomic mass is 14.9. The largest absolute Gasteiger partial charge is 0.354 e. The molecule has 0 spiro atoms. The fraction of sp³-hybridized carbons (Fsp3) is 0.0769. The third-order valence-corrected chi connectivity index (χ3v) is 10.6. The maximum absolute atomic E-state index is 9.51. The highest BCUT2D eigenvalue weighted by Gasteiger charge is 2.22. The molecule has 258 valence electrons. The van der Waals surface area contributed by atoms with Crippen molar-refractivity contribution in [3.63, 3.8) is 0 Å². The number of hydrogen-bond acceptors (Lipinski definition) is 1. The molecule has 0 aliphatic heterocycles. The molecule has 0 aliphatic rings. The number of anilines is 2. The van der Waals surface area contributed by atoms with Gasteiger partial charge in [0.15, 0.2) is 0 Å². The van der Waals surface area contributed by atoms with Gasteiger partial charge in [0.05, 0.1) is 31.8 Å². The number of nitrogens with zero attached hydrogens (tertiary/aromatic N) is 1. The standard InChI is InChI=1S/C52H40N2/c1-52(2,3)36-31-46(34-17-6-4-7-18-34)50(47(32-36)35-19-8-5-9-20-35)53-37-29-30-43-40-23-12-10-21-38(40)39-22-11-13-24-41(39)44-26-16-27-45-42-25-14-15-28-48(42)54(51(44)45)49(43)33-37/h4-33,53H,1-3H3/i14D,15D,16D,25D,26D,27D,28D. The zero-order valence-corrected chi connectivity index (χ0v) is 30.2. The summed E-state index contributed by atoms with van der Waals surface area (Å²) in [4.78, 5) is 0. The fourth-order valence-electron chi connectivity index (χ4n) is 7.96. The Bertz CT molecular complexity index is 3440. The molecule has 0 saturated carbocycles. The molecule has 8 aromatic carbocycles. The fourth-order valence-corrected chi connectivity index (χ4v) is 7.96. The number of benzene rings is 8.